The van der Waals surface area contributed by atoms with Crippen LogP contribution in [0.3, 0.4) is 0 Å². The van der Waals surface area contributed by atoms with Crippen LogP contribution >= 0.6 is 11.3 Å². The van der Waals surface area contributed by atoms with Gasteiger partial charge < -0.3 is 14.8 Å². The molecule has 2 amide bonds. The van der Waals surface area contributed by atoms with E-state index >= 15 is 0 Å². The number of nitrogens with one attached hydrogen (secondary N) is 1. The number of carbonyl (C=O) groups is 2. The molecule has 6 nitrogen and oxygen atoms in total. The highest BCUT2D eigenvalue weighted by Gasteiger charge is 2.33. The molecule has 2 saturated carbocycles. The minimum atomic E-state index is -0.0560. The maximum atomic E-state index is 14.0. The molecular weight excluding hydrogens is 456 g/mol. The number of aromatic nitrogens is 2. The zero-order chi connectivity index (χ0) is 24.0. The number of amides is 2. The fourth-order valence-corrected chi connectivity index (χ4v) is 6.56. The molecule has 0 atom stereocenters. The van der Waals surface area contributed by atoms with Crippen LogP contribution in [0, 0.1) is 0 Å². The number of fused-ring (bicyclic) bond motifs is 1. The number of carbonyl (C=O) groups excluding carboxylic acids is 2. The second-order valence-corrected chi connectivity index (χ2v) is 10.9. The van der Waals surface area contributed by atoms with Gasteiger partial charge in [-0.1, -0.05) is 56.7 Å². The molecule has 3 aromatic rings. The van der Waals surface area contributed by atoms with Gasteiger partial charge in [0, 0.05) is 25.0 Å². The number of hydrogen-bond acceptors (Lipinski definition) is 4. The van der Waals surface area contributed by atoms with Crippen LogP contribution in [0.4, 0.5) is 0 Å². The third-order valence-electron chi connectivity index (χ3n) is 7.63. The first kappa shape index (κ1) is 24.0. The Kier molecular flexibility index (Phi) is 7.82. The lowest BCUT2D eigenvalue weighted by Crippen LogP contribution is -2.50. The van der Waals surface area contributed by atoms with E-state index in [1.807, 2.05) is 35.7 Å². The average Bonchev–Trinajstić information content (AvgIpc) is 3.55. The first-order valence-electron chi connectivity index (χ1n) is 13.3. The van der Waals surface area contributed by atoms with E-state index in [1.165, 1.54) is 49.9 Å². The van der Waals surface area contributed by atoms with Crippen LogP contribution in [-0.4, -0.2) is 44.9 Å². The summed E-state index contributed by atoms with van der Waals surface area (Å²) in [5.74, 6) is 1.04. The van der Waals surface area contributed by atoms with E-state index in [0.717, 1.165) is 42.5 Å². The number of rotatable bonds is 8. The smallest absolute Gasteiger partial charge is 0.261 e. The van der Waals surface area contributed by atoms with Crippen LogP contribution in [0.25, 0.3) is 11.0 Å². The fraction of sp³-hybridized carbons (Fsp3) is 0.536. The summed E-state index contributed by atoms with van der Waals surface area (Å²) in [6, 6.07) is 12.5. The third-order valence-corrected chi connectivity index (χ3v) is 8.50. The van der Waals surface area contributed by atoms with Gasteiger partial charge in [0.05, 0.1) is 15.9 Å². The van der Waals surface area contributed by atoms with E-state index in [4.69, 9.17) is 4.98 Å². The van der Waals surface area contributed by atoms with Gasteiger partial charge in [-0.2, -0.15) is 0 Å². The van der Waals surface area contributed by atoms with E-state index < -0.39 is 0 Å². The molecule has 35 heavy (non-hydrogen) atoms. The number of thiophene rings is 1. The average molecular weight is 493 g/mol. The van der Waals surface area contributed by atoms with Gasteiger partial charge in [-0.25, -0.2) is 4.98 Å². The van der Waals surface area contributed by atoms with E-state index in [9.17, 15) is 9.59 Å². The van der Waals surface area contributed by atoms with Gasteiger partial charge in [-0.3, -0.25) is 9.59 Å². The van der Waals surface area contributed by atoms with Crippen molar-refractivity contribution >= 4 is 34.2 Å². The van der Waals surface area contributed by atoms with Gasteiger partial charge in [-0.05, 0) is 49.3 Å². The molecule has 2 heterocycles. The van der Waals surface area contributed by atoms with Crippen molar-refractivity contribution < 1.29 is 9.59 Å². The number of hydrogen-bond donors (Lipinski definition) is 1. The van der Waals surface area contributed by atoms with Crippen LogP contribution in [0.2, 0.25) is 0 Å². The minimum Gasteiger partial charge on any atom is -0.351 e. The summed E-state index contributed by atoms with van der Waals surface area (Å²) in [5.41, 5.74) is 1.90. The summed E-state index contributed by atoms with van der Waals surface area (Å²) < 4.78 is 2.09. The Morgan fingerprint density at radius 3 is 2.29 bits per heavy atom. The molecule has 0 saturated heterocycles. The van der Waals surface area contributed by atoms with E-state index in [2.05, 4.69) is 20.9 Å². The number of benzene rings is 1. The molecule has 1 aromatic carbocycles. The van der Waals surface area contributed by atoms with Crippen LogP contribution in [0.1, 0.15) is 79.7 Å². The molecular formula is C28H36N4O2S. The lowest BCUT2D eigenvalue weighted by atomic mass is 9.88. The predicted molar refractivity (Wildman–Crippen MR) is 141 cm³/mol. The third kappa shape index (κ3) is 5.61. The maximum absolute atomic E-state index is 14.0. The van der Waals surface area contributed by atoms with E-state index in [0.29, 0.717) is 36.5 Å². The molecule has 0 unspecified atom stereocenters. The Morgan fingerprint density at radius 2 is 1.63 bits per heavy atom. The van der Waals surface area contributed by atoms with E-state index in [-0.39, 0.29) is 11.8 Å². The highest BCUT2D eigenvalue weighted by Crippen LogP contribution is 2.31. The van der Waals surface area contributed by atoms with Gasteiger partial charge in [0.25, 0.3) is 5.91 Å². The molecule has 0 radical (unpaired) electrons. The second kappa shape index (κ2) is 11.4. The van der Waals surface area contributed by atoms with Gasteiger partial charge in [0.15, 0.2) is 0 Å². The first-order valence-corrected chi connectivity index (χ1v) is 14.2. The van der Waals surface area contributed by atoms with Crippen molar-refractivity contribution in [2.45, 2.75) is 89.3 Å². The Labute approximate surface area is 211 Å². The summed E-state index contributed by atoms with van der Waals surface area (Å²) in [4.78, 5) is 34.2. The van der Waals surface area contributed by atoms with Crippen LogP contribution in [-0.2, 0) is 17.8 Å². The quantitative estimate of drug-likeness (QED) is 0.447. The van der Waals surface area contributed by atoms with Crippen molar-refractivity contribution in [1.29, 1.82) is 0 Å². The largest absolute Gasteiger partial charge is 0.351 e. The molecule has 7 heteroatoms. The molecule has 2 aromatic heterocycles. The van der Waals surface area contributed by atoms with Crippen molar-refractivity contribution in [3.63, 3.8) is 0 Å². The zero-order valence-corrected chi connectivity index (χ0v) is 21.3. The summed E-state index contributed by atoms with van der Waals surface area (Å²) >= 11 is 1.44. The van der Waals surface area contributed by atoms with Crippen molar-refractivity contribution in [2.75, 3.05) is 6.54 Å². The first-order chi connectivity index (χ1) is 17.2. The maximum Gasteiger partial charge on any atom is 0.261 e. The Bertz CT molecular complexity index is 1110. The molecule has 2 fully saturated rings. The summed E-state index contributed by atoms with van der Waals surface area (Å²) in [6.45, 7) is 0.810. The standard InChI is InChI=1S/C28H36N4O2S/c33-27(32(21-10-3-1-4-11-21)22-12-5-2-6-13-22)20-31-24-15-8-7-14-23(24)30-26(31)17-18-29-28(34)25-16-9-19-35-25/h7-9,14-16,19,21-22H,1-6,10-13,17-18,20H2,(H,29,34). The lowest BCUT2D eigenvalue weighted by molar-refractivity contribution is -0.138. The summed E-state index contributed by atoms with van der Waals surface area (Å²) in [7, 11) is 0. The van der Waals surface area contributed by atoms with Gasteiger partial charge in [-0.15, -0.1) is 11.3 Å². The van der Waals surface area contributed by atoms with Gasteiger partial charge in [0.1, 0.15) is 12.4 Å². The van der Waals surface area contributed by atoms with Crippen LogP contribution < -0.4 is 5.32 Å². The number of imidazole rings is 1. The van der Waals surface area contributed by atoms with E-state index in [1.54, 1.807) is 0 Å². The molecule has 5 rings (SSSR count). The molecule has 2 aliphatic rings. The second-order valence-electron chi connectivity index (χ2n) is 9.97. The van der Waals surface area contributed by atoms with Gasteiger partial charge in [0.2, 0.25) is 5.91 Å². The molecule has 0 spiro atoms. The molecule has 2 aliphatic carbocycles. The highest BCUT2D eigenvalue weighted by molar-refractivity contribution is 7.12. The number of nitrogens with zero attached hydrogens (tertiary/aromatic N) is 3. The van der Waals surface area contributed by atoms with Crippen molar-refractivity contribution in [3.8, 4) is 0 Å². The number of para-hydroxylation sites is 2. The molecule has 186 valence electrons. The Morgan fingerprint density at radius 1 is 0.943 bits per heavy atom. The summed E-state index contributed by atoms with van der Waals surface area (Å²) in [6.07, 6.45) is 12.6. The van der Waals surface area contributed by atoms with Crippen LogP contribution in [0.5, 0.6) is 0 Å². The Hall–Kier alpha value is -2.67. The monoisotopic (exact) mass is 492 g/mol. The van der Waals surface area contributed by atoms with Gasteiger partial charge >= 0.3 is 0 Å². The normalized spacial score (nSPS) is 17.5. The Balaban J connectivity index is 1.35. The molecule has 1 N–H and O–H groups in total. The predicted octanol–water partition coefficient (Wildman–Crippen LogP) is 5.56. The SMILES string of the molecule is O=C(NCCc1nc2ccccc2n1CC(=O)N(C1CCCCC1)C1CCCCC1)c1cccs1. The van der Waals surface area contributed by atoms with Crippen molar-refractivity contribution in [3.05, 3.63) is 52.5 Å². The topological polar surface area (TPSA) is 67.2 Å². The minimum absolute atomic E-state index is 0.0560. The van der Waals surface area contributed by atoms with Crippen molar-refractivity contribution in [2.24, 2.45) is 0 Å². The fourth-order valence-electron chi connectivity index (χ4n) is 5.92. The van der Waals surface area contributed by atoms with Crippen LogP contribution in [0.15, 0.2) is 41.8 Å². The highest BCUT2D eigenvalue weighted by atomic mass is 32.1. The summed E-state index contributed by atoms with van der Waals surface area (Å²) in [5, 5.41) is 4.91. The zero-order valence-electron chi connectivity index (χ0n) is 20.5. The van der Waals surface area contributed by atoms with Crippen molar-refractivity contribution in [1.82, 2.24) is 19.8 Å². The lowest BCUT2D eigenvalue weighted by Gasteiger charge is -2.42. The molecule has 0 aliphatic heterocycles. The molecule has 0 bridgehead atoms.